The van der Waals surface area contributed by atoms with Crippen LogP contribution in [0.5, 0.6) is 0 Å². The topological polar surface area (TPSA) is 48.0 Å². The first-order chi connectivity index (χ1) is 16.8. The van der Waals surface area contributed by atoms with Crippen LogP contribution >= 0.6 is 0 Å². The molecular formula is C29H31NO4. The molecule has 0 radical (unpaired) electrons. The minimum absolute atomic E-state index is 0.00793. The third-order valence-electron chi connectivity index (χ3n) is 6.70. The van der Waals surface area contributed by atoms with E-state index in [4.69, 9.17) is 14.2 Å². The Hall–Kier alpha value is -2.99. The number of rotatable bonds is 9. The zero-order valence-corrected chi connectivity index (χ0v) is 19.3. The quantitative estimate of drug-likeness (QED) is 0.465. The van der Waals surface area contributed by atoms with E-state index in [-0.39, 0.29) is 30.3 Å². The number of piperidine rings is 1. The van der Waals surface area contributed by atoms with Gasteiger partial charge in [-0.1, -0.05) is 91.0 Å². The van der Waals surface area contributed by atoms with E-state index < -0.39 is 0 Å². The first kappa shape index (κ1) is 22.8. The molecule has 2 fully saturated rings. The van der Waals surface area contributed by atoms with Crippen molar-refractivity contribution in [1.82, 2.24) is 4.90 Å². The van der Waals surface area contributed by atoms with Crippen LogP contribution in [0.2, 0.25) is 0 Å². The van der Waals surface area contributed by atoms with Crippen molar-refractivity contribution in [3.63, 3.8) is 0 Å². The maximum absolute atomic E-state index is 12.7. The van der Waals surface area contributed by atoms with Crippen molar-refractivity contribution in [2.45, 2.75) is 57.0 Å². The molecule has 4 atom stereocenters. The number of carbonyl (C=O) groups excluding carboxylic acids is 1. The minimum atomic E-state index is -0.278. The number of ether oxygens (including phenoxy) is 3. The maximum atomic E-state index is 12.7. The molecule has 0 saturated carbocycles. The molecule has 2 saturated heterocycles. The highest BCUT2D eigenvalue weighted by molar-refractivity contribution is 5.79. The highest BCUT2D eigenvalue weighted by atomic mass is 16.6. The fraction of sp³-hybridized carbons (Fsp3) is 0.345. The fourth-order valence-corrected chi connectivity index (χ4v) is 4.93. The highest BCUT2D eigenvalue weighted by Gasteiger charge is 2.50. The van der Waals surface area contributed by atoms with Crippen molar-refractivity contribution in [2.24, 2.45) is 0 Å². The Morgan fingerprint density at radius 2 is 1.12 bits per heavy atom. The van der Waals surface area contributed by atoms with Gasteiger partial charge in [-0.15, -0.1) is 0 Å². The molecule has 0 N–H and O–H groups in total. The van der Waals surface area contributed by atoms with Crippen LogP contribution in [-0.4, -0.2) is 41.7 Å². The number of nitrogens with zero attached hydrogens (tertiary/aromatic N) is 1. The van der Waals surface area contributed by atoms with Crippen molar-refractivity contribution in [1.29, 1.82) is 0 Å². The van der Waals surface area contributed by atoms with Crippen molar-refractivity contribution in [2.75, 3.05) is 6.54 Å². The van der Waals surface area contributed by atoms with Crippen LogP contribution in [0.3, 0.4) is 0 Å². The molecule has 0 aromatic heterocycles. The Balaban J connectivity index is 1.37. The monoisotopic (exact) mass is 457 g/mol. The van der Waals surface area contributed by atoms with Crippen molar-refractivity contribution < 1.29 is 19.0 Å². The zero-order chi connectivity index (χ0) is 23.2. The second-order valence-electron chi connectivity index (χ2n) is 9.01. The molecule has 2 heterocycles. The molecule has 2 aliphatic heterocycles. The zero-order valence-electron chi connectivity index (χ0n) is 19.3. The lowest BCUT2D eigenvalue weighted by Crippen LogP contribution is -2.62. The molecule has 0 aliphatic carbocycles. The Morgan fingerprint density at radius 1 is 0.647 bits per heavy atom. The molecule has 176 valence electrons. The number of benzene rings is 3. The van der Waals surface area contributed by atoms with Gasteiger partial charge in [0.15, 0.2) is 0 Å². The summed E-state index contributed by atoms with van der Waals surface area (Å²) in [5, 5.41) is 0. The molecule has 3 aromatic carbocycles. The average Bonchev–Trinajstić information content (AvgIpc) is 3.27. The Kier molecular flexibility index (Phi) is 7.34. The molecule has 0 bridgehead atoms. The normalized spacial score (nSPS) is 24.2. The van der Waals surface area contributed by atoms with E-state index >= 15 is 0 Å². The summed E-state index contributed by atoms with van der Waals surface area (Å²) in [4.78, 5) is 14.7. The molecule has 0 unspecified atom stereocenters. The van der Waals surface area contributed by atoms with Crippen molar-refractivity contribution in [3.8, 4) is 0 Å². The summed E-state index contributed by atoms with van der Waals surface area (Å²) in [5.41, 5.74) is 3.31. The molecule has 3 aromatic rings. The molecule has 5 nitrogen and oxygen atoms in total. The van der Waals surface area contributed by atoms with Gasteiger partial charge in [0.25, 0.3) is 0 Å². The van der Waals surface area contributed by atoms with Gasteiger partial charge in [0.1, 0.15) is 18.3 Å². The van der Waals surface area contributed by atoms with Crippen LogP contribution in [0.15, 0.2) is 91.0 Å². The van der Waals surface area contributed by atoms with Crippen LogP contribution in [0.4, 0.5) is 0 Å². The van der Waals surface area contributed by atoms with E-state index in [1.54, 1.807) is 0 Å². The minimum Gasteiger partial charge on any atom is -0.369 e. The SMILES string of the molecule is O=C1CC[C@@H]2[C@@H](OCc3ccccc3)[C@H](OCc3ccccc3)[C@H](OCc3ccccc3)CN12. The molecule has 5 heteroatoms. The second kappa shape index (κ2) is 11.0. The lowest BCUT2D eigenvalue weighted by atomic mass is 9.93. The van der Waals surface area contributed by atoms with E-state index in [0.29, 0.717) is 32.8 Å². The third kappa shape index (κ3) is 5.39. The largest absolute Gasteiger partial charge is 0.369 e. The van der Waals surface area contributed by atoms with Crippen LogP contribution in [0.1, 0.15) is 29.5 Å². The number of hydrogen-bond acceptors (Lipinski definition) is 4. The summed E-state index contributed by atoms with van der Waals surface area (Å²) in [5.74, 6) is 0.174. The van der Waals surface area contributed by atoms with E-state index in [2.05, 4.69) is 36.4 Å². The van der Waals surface area contributed by atoms with E-state index in [1.807, 2.05) is 59.5 Å². The Labute approximate surface area is 201 Å². The summed E-state index contributed by atoms with van der Waals surface area (Å²) in [6.45, 7) is 1.94. The molecular weight excluding hydrogens is 426 g/mol. The lowest BCUT2D eigenvalue weighted by Gasteiger charge is -2.45. The van der Waals surface area contributed by atoms with Gasteiger partial charge >= 0.3 is 0 Å². The van der Waals surface area contributed by atoms with Gasteiger partial charge in [-0.05, 0) is 23.1 Å². The highest BCUT2D eigenvalue weighted by Crippen LogP contribution is 2.34. The van der Waals surface area contributed by atoms with Gasteiger partial charge in [-0.2, -0.15) is 0 Å². The number of hydrogen-bond donors (Lipinski definition) is 0. The van der Waals surface area contributed by atoms with Crippen molar-refractivity contribution in [3.05, 3.63) is 108 Å². The number of carbonyl (C=O) groups is 1. The van der Waals surface area contributed by atoms with Gasteiger partial charge < -0.3 is 19.1 Å². The maximum Gasteiger partial charge on any atom is 0.223 e. The van der Waals surface area contributed by atoms with Crippen LogP contribution < -0.4 is 0 Å². The third-order valence-corrected chi connectivity index (χ3v) is 6.70. The van der Waals surface area contributed by atoms with Crippen molar-refractivity contribution >= 4 is 5.91 Å². The number of fused-ring (bicyclic) bond motifs is 1. The summed E-state index contributed by atoms with van der Waals surface area (Å²) in [6.07, 6.45) is 0.523. The van der Waals surface area contributed by atoms with Gasteiger partial charge in [-0.3, -0.25) is 4.79 Å². The van der Waals surface area contributed by atoms with Crippen LogP contribution in [-0.2, 0) is 38.8 Å². The van der Waals surface area contributed by atoms with Gasteiger partial charge in [-0.25, -0.2) is 0 Å². The van der Waals surface area contributed by atoms with Gasteiger partial charge in [0.05, 0.1) is 25.9 Å². The average molecular weight is 458 g/mol. The predicted octanol–water partition coefficient (Wildman–Crippen LogP) is 4.75. The van der Waals surface area contributed by atoms with Gasteiger partial charge in [0.2, 0.25) is 5.91 Å². The molecule has 1 amide bonds. The Bertz CT molecular complexity index is 1040. The molecule has 2 aliphatic rings. The van der Waals surface area contributed by atoms with Crippen LogP contribution in [0, 0.1) is 0 Å². The van der Waals surface area contributed by atoms with E-state index in [9.17, 15) is 4.79 Å². The summed E-state index contributed by atoms with van der Waals surface area (Å²) >= 11 is 0. The van der Waals surface area contributed by atoms with Crippen LogP contribution in [0.25, 0.3) is 0 Å². The standard InChI is InChI=1S/C29H31NO4/c31-27-17-16-25-28(33-20-23-12-6-2-7-13-23)29(34-21-24-14-8-3-9-15-24)26(18-30(25)27)32-19-22-10-4-1-5-11-22/h1-15,25-26,28-29H,16-21H2/t25-,26-,28-,29-/m1/s1. The Morgan fingerprint density at radius 3 is 1.65 bits per heavy atom. The summed E-state index contributed by atoms with van der Waals surface area (Å²) in [7, 11) is 0. The summed E-state index contributed by atoms with van der Waals surface area (Å²) in [6, 6.07) is 30.4. The van der Waals surface area contributed by atoms with E-state index in [0.717, 1.165) is 23.1 Å². The van der Waals surface area contributed by atoms with Gasteiger partial charge in [0, 0.05) is 13.0 Å². The fourth-order valence-electron chi connectivity index (χ4n) is 4.93. The number of amides is 1. The lowest BCUT2D eigenvalue weighted by molar-refractivity contribution is -0.199. The summed E-state index contributed by atoms with van der Waals surface area (Å²) < 4.78 is 19.5. The predicted molar refractivity (Wildman–Crippen MR) is 130 cm³/mol. The molecule has 0 spiro atoms. The second-order valence-corrected chi connectivity index (χ2v) is 9.01. The van der Waals surface area contributed by atoms with E-state index in [1.165, 1.54) is 0 Å². The molecule has 5 rings (SSSR count). The first-order valence-electron chi connectivity index (χ1n) is 12.0. The smallest absolute Gasteiger partial charge is 0.223 e. The molecule has 34 heavy (non-hydrogen) atoms. The first-order valence-corrected chi connectivity index (χ1v) is 12.0.